The van der Waals surface area contributed by atoms with E-state index in [4.69, 9.17) is 25.8 Å². The van der Waals surface area contributed by atoms with Crippen molar-refractivity contribution in [2.24, 2.45) is 7.05 Å². The molecule has 2 saturated heterocycles. The third-order valence-corrected chi connectivity index (χ3v) is 6.95. The number of aromatic nitrogens is 4. The van der Waals surface area contributed by atoms with Crippen molar-refractivity contribution in [3.8, 4) is 17.1 Å². The van der Waals surface area contributed by atoms with Crippen LogP contribution in [0.25, 0.3) is 22.3 Å². The number of H-pyrrole nitrogens is 1. The molecule has 2 aliphatic rings. The van der Waals surface area contributed by atoms with E-state index in [1.54, 1.807) is 19.2 Å². The Morgan fingerprint density at radius 3 is 2.68 bits per heavy atom. The summed E-state index contributed by atoms with van der Waals surface area (Å²) in [6, 6.07) is 7.01. The van der Waals surface area contributed by atoms with Crippen LogP contribution in [0.1, 0.15) is 5.56 Å². The number of nitrogens with zero attached hydrogens (tertiary/aromatic N) is 3. The van der Waals surface area contributed by atoms with Crippen LogP contribution in [0, 0.1) is 11.6 Å². The van der Waals surface area contributed by atoms with Crippen molar-refractivity contribution in [1.82, 2.24) is 19.5 Å². The van der Waals surface area contributed by atoms with Crippen LogP contribution in [0.15, 0.2) is 41.3 Å². The van der Waals surface area contributed by atoms with Gasteiger partial charge in [0.05, 0.1) is 23.8 Å². The molecule has 13 heteroatoms. The number of aromatic amines is 1. The molecular weight excluding hydrogens is 524 g/mol. The Bertz CT molecular complexity index is 1570. The van der Waals surface area contributed by atoms with Gasteiger partial charge in [-0.05, 0) is 35.4 Å². The number of hydrogen-bond acceptors (Lipinski definition) is 8. The molecule has 0 aliphatic carbocycles. The molecule has 2 fully saturated rings. The minimum absolute atomic E-state index is 0.170. The molecule has 2 aliphatic heterocycles. The quantitative estimate of drug-likeness (QED) is 0.338. The zero-order valence-electron chi connectivity index (χ0n) is 20.0. The Morgan fingerprint density at radius 2 is 1.92 bits per heavy atom. The Balaban J connectivity index is 1.18. The maximum absolute atomic E-state index is 14.9. The number of benzene rings is 1. The van der Waals surface area contributed by atoms with Crippen molar-refractivity contribution < 1.29 is 28.1 Å². The average Bonchev–Trinajstić information content (AvgIpc) is 3.57. The number of aliphatic hydroxyl groups excluding tert-OH is 1. The second kappa shape index (κ2) is 9.62. The molecule has 0 unspecified atom stereocenters. The van der Waals surface area contributed by atoms with Gasteiger partial charge in [0.2, 0.25) is 0 Å². The predicted molar refractivity (Wildman–Crippen MR) is 133 cm³/mol. The van der Waals surface area contributed by atoms with Crippen LogP contribution in [-0.4, -0.2) is 62.3 Å². The number of pyridine rings is 2. The molecule has 198 valence electrons. The first kappa shape index (κ1) is 24.7. The Kier molecular flexibility index (Phi) is 6.26. The SMILES string of the molecule is Cn1ccc(-c2cc(F)c(CNc3nc4nc(O[C@@H]5CO[C@H]6[C@@H]5OC[C@H]6O)[nH]c4cc3Cl)c(F)c2)cc1=O. The molecule has 0 saturated carbocycles. The summed E-state index contributed by atoms with van der Waals surface area (Å²) in [6.45, 7) is 0.182. The standard InChI is InChI=1S/C25H22ClF2N5O5/c1-33-3-2-11(6-20(33)35)12-4-15(27)13(16(28)5-12)8-29-23-14(26)7-17-24(31-23)32-25(30-17)38-19-10-37-21-18(34)9-36-22(19)21/h2-7,18-19,21-22,34H,8-10H2,1H3,(H2,29,30,31,32)/t18-,19-,21-,22-/m1/s1. The predicted octanol–water partition coefficient (Wildman–Crippen LogP) is 2.77. The van der Waals surface area contributed by atoms with Gasteiger partial charge in [-0.1, -0.05) is 11.6 Å². The highest BCUT2D eigenvalue weighted by atomic mass is 35.5. The molecule has 0 amide bonds. The number of ether oxygens (including phenoxy) is 3. The molecule has 0 bridgehead atoms. The number of imidazole rings is 1. The molecule has 1 aromatic carbocycles. The minimum atomic E-state index is -0.780. The van der Waals surface area contributed by atoms with Gasteiger partial charge in [-0.2, -0.15) is 4.98 Å². The summed E-state index contributed by atoms with van der Waals surface area (Å²) < 4.78 is 48.1. The monoisotopic (exact) mass is 545 g/mol. The van der Waals surface area contributed by atoms with Gasteiger partial charge in [0, 0.05) is 31.4 Å². The van der Waals surface area contributed by atoms with Crippen LogP contribution in [0.2, 0.25) is 5.02 Å². The number of hydrogen-bond donors (Lipinski definition) is 3. The number of anilines is 1. The molecule has 6 rings (SSSR count). The summed E-state index contributed by atoms with van der Waals surface area (Å²) in [7, 11) is 1.59. The van der Waals surface area contributed by atoms with Gasteiger partial charge in [-0.15, -0.1) is 0 Å². The van der Waals surface area contributed by atoms with Crippen molar-refractivity contribution in [2.75, 3.05) is 18.5 Å². The third kappa shape index (κ3) is 4.49. The van der Waals surface area contributed by atoms with Crippen LogP contribution in [0.5, 0.6) is 6.01 Å². The number of rotatable bonds is 6. The van der Waals surface area contributed by atoms with E-state index >= 15 is 0 Å². The lowest BCUT2D eigenvalue weighted by atomic mass is 10.0. The Morgan fingerprint density at radius 1 is 1.16 bits per heavy atom. The van der Waals surface area contributed by atoms with Gasteiger partial charge in [0.1, 0.15) is 35.8 Å². The fourth-order valence-corrected chi connectivity index (χ4v) is 4.82. The highest BCUT2D eigenvalue weighted by Crippen LogP contribution is 2.31. The Labute approximate surface area is 219 Å². The summed E-state index contributed by atoms with van der Waals surface area (Å²) in [5.41, 5.74) is 0.928. The van der Waals surface area contributed by atoms with Crippen LogP contribution in [0.4, 0.5) is 14.6 Å². The topological polar surface area (TPSA) is 124 Å². The smallest absolute Gasteiger partial charge is 0.296 e. The normalized spacial score (nSPS) is 22.7. The summed E-state index contributed by atoms with van der Waals surface area (Å²) in [6.07, 6.45) is -0.475. The van der Waals surface area contributed by atoms with Gasteiger partial charge >= 0.3 is 0 Å². The van der Waals surface area contributed by atoms with E-state index in [-0.39, 0.29) is 58.9 Å². The van der Waals surface area contributed by atoms with Crippen LogP contribution < -0.4 is 15.6 Å². The van der Waals surface area contributed by atoms with Crippen molar-refractivity contribution in [3.05, 3.63) is 69.1 Å². The Hall–Kier alpha value is -3.58. The summed E-state index contributed by atoms with van der Waals surface area (Å²) >= 11 is 6.35. The number of fused-ring (bicyclic) bond motifs is 2. The molecule has 0 spiro atoms. The lowest BCUT2D eigenvalue weighted by Gasteiger charge is -2.15. The van der Waals surface area contributed by atoms with E-state index in [0.717, 1.165) is 0 Å². The lowest BCUT2D eigenvalue weighted by Crippen LogP contribution is -2.34. The first-order valence-corrected chi connectivity index (χ1v) is 12.2. The molecular formula is C25H22ClF2N5O5. The van der Waals surface area contributed by atoms with Gasteiger partial charge in [0.25, 0.3) is 11.6 Å². The first-order valence-electron chi connectivity index (χ1n) is 11.8. The van der Waals surface area contributed by atoms with E-state index in [2.05, 4.69) is 20.3 Å². The minimum Gasteiger partial charge on any atom is -0.456 e. The van der Waals surface area contributed by atoms with E-state index in [0.29, 0.717) is 11.1 Å². The molecule has 10 nitrogen and oxygen atoms in total. The maximum Gasteiger partial charge on any atom is 0.296 e. The maximum atomic E-state index is 14.9. The summed E-state index contributed by atoms with van der Waals surface area (Å²) in [5.74, 6) is -1.38. The number of nitrogens with one attached hydrogen (secondary N) is 2. The van der Waals surface area contributed by atoms with E-state index in [1.807, 2.05) is 0 Å². The van der Waals surface area contributed by atoms with Crippen LogP contribution >= 0.6 is 11.6 Å². The van der Waals surface area contributed by atoms with Crippen molar-refractivity contribution in [1.29, 1.82) is 0 Å². The molecule has 3 N–H and O–H groups in total. The van der Waals surface area contributed by atoms with E-state index in [1.165, 1.54) is 29.0 Å². The average molecular weight is 546 g/mol. The molecule has 4 atom stereocenters. The first-order chi connectivity index (χ1) is 18.3. The molecule has 0 radical (unpaired) electrons. The van der Waals surface area contributed by atoms with Crippen molar-refractivity contribution in [2.45, 2.75) is 31.0 Å². The van der Waals surface area contributed by atoms with Crippen molar-refractivity contribution in [3.63, 3.8) is 0 Å². The number of aryl methyl sites for hydroxylation is 1. The molecule has 5 heterocycles. The van der Waals surface area contributed by atoms with Gasteiger partial charge in [0.15, 0.2) is 11.8 Å². The van der Waals surface area contributed by atoms with Crippen LogP contribution in [-0.2, 0) is 23.1 Å². The molecule has 4 aromatic rings. The number of halogens is 3. The molecule has 3 aromatic heterocycles. The summed E-state index contributed by atoms with van der Waals surface area (Å²) in [5, 5.41) is 13.0. The second-order valence-corrected chi connectivity index (χ2v) is 9.60. The van der Waals surface area contributed by atoms with Crippen molar-refractivity contribution >= 4 is 28.6 Å². The summed E-state index contributed by atoms with van der Waals surface area (Å²) in [4.78, 5) is 23.5. The largest absolute Gasteiger partial charge is 0.456 e. The number of aliphatic hydroxyl groups is 1. The highest BCUT2D eigenvalue weighted by molar-refractivity contribution is 6.33. The second-order valence-electron chi connectivity index (χ2n) is 9.19. The van der Waals surface area contributed by atoms with Gasteiger partial charge < -0.3 is 34.2 Å². The zero-order valence-corrected chi connectivity index (χ0v) is 20.7. The fraction of sp³-hybridized carbons (Fsp3) is 0.320. The fourth-order valence-electron chi connectivity index (χ4n) is 4.60. The zero-order chi connectivity index (χ0) is 26.6. The lowest BCUT2D eigenvalue weighted by molar-refractivity contribution is 0.00706. The van der Waals surface area contributed by atoms with Gasteiger partial charge in [-0.3, -0.25) is 4.79 Å². The highest BCUT2D eigenvalue weighted by Gasteiger charge is 2.48. The van der Waals surface area contributed by atoms with E-state index in [9.17, 15) is 18.7 Å². The van der Waals surface area contributed by atoms with Crippen LogP contribution in [0.3, 0.4) is 0 Å². The molecule has 38 heavy (non-hydrogen) atoms. The van der Waals surface area contributed by atoms with Gasteiger partial charge in [-0.25, -0.2) is 13.8 Å². The third-order valence-electron chi connectivity index (χ3n) is 6.66. The van der Waals surface area contributed by atoms with E-state index < -0.39 is 36.1 Å².